The Kier molecular flexibility index (Phi) is 2.47. The SMILES string of the molecule is N[C@H](C(=O)O)C1[C@H]2CCC#CCC[C@@H]12. The first kappa shape index (κ1) is 9.54. The van der Waals surface area contributed by atoms with Gasteiger partial charge in [-0.3, -0.25) is 4.79 Å². The zero-order valence-corrected chi connectivity index (χ0v) is 8.07. The molecular formula is C11H15NO2. The van der Waals surface area contributed by atoms with Crippen LogP contribution in [-0.2, 0) is 4.79 Å². The summed E-state index contributed by atoms with van der Waals surface area (Å²) in [7, 11) is 0. The number of carboxylic acids is 1. The first-order valence-corrected chi connectivity index (χ1v) is 5.16. The molecule has 0 aromatic rings. The van der Waals surface area contributed by atoms with E-state index in [1.54, 1.807) is 0 Å². The van der Waals surface area contributed by atoms with Crippen LogP contribution in [0.4, 0.5) is 0 Å². The lowest BCUT2D eigenvalue weighted by molar-refractivity contribution is -0.139. The number of carbonyl (C=O) groups is 1. The van der Waals surface area contributed by atoms with E-state index in [0.717, 1.165) is 25.7 Å². The number of rotatable bonds is 2. The van der Waals surface area contributed by atoms with Gasteiger partial charge < -0.3 is 10.8 Å². The van der Waals surface area contributed by atoms with Crippen LogP contribution >= 0.6 is 0 Å². The molecule has 0 bridgehead atoms. The molecule has 0 radical (unpaired) electrons. The van der Waals surface area contributed by atoms with E-state index in [-0.39, 0.29) is 5.92 Å². The number of hydrogen-bond acceptors (Lipinski definition) is 2. The molecule has 2 aliphatic carbocycles. The molecule has 3 nitrogen and oxygen atoms in total. The fourth-order valence-corrected chi connectivity index (χ4v) is 2.64. The first-order chi connectivity index (χ1) is 6.72. The van der Waals surface area contributed by atoms with Gasteiger partial charge >= 0.3 is 5.97 Å². The molecule has 0 spiro atoms. The van der Waals surface area contributed by atoms with Crippen LogP contribution in [0.25, 0.3) is 0 Å². The summed E-state index contributed by atoms with van der Waals surface area (Å²) in [6.07, 6.45) is 3.88. The average molecular weight is 193 g/mol. The van der Waals surface area contributed by atoms with Gasteiger partial charge in [-0.1, -0.05) is 0 Å². The second kappa shape index (κ2) is 3.62. The van der Waals surface area contributed by atoms with Gasteiger partial charge in [0.05, 0.1) is 0 Å². The van der Waals surface area contributed by atoms with Crippen LogP contribution in [-0.4, -0.2) is 17.1 Å². The molecule has 4 atom stereocenters. The van der Waals surface area contributed by atoms with Gasteiger partial charge in [0, 0.05) is 12.8 Å². The van der Waals surface area contributed by atoms with Gasteiger partial charge in [0.1, 0.15) is 6.04 Å². The summed E-state index contributed by atoms with van der Waals surface area (Å²) in [5.41, 5.74) is 5.64. The molecule has 1 saturated carbocycles. The topological polar surface area (TPSA) is 63.3 Å². The third kappa shape index (κ3) is 1.62. The number of fused-ring (bicyclic) bond motifs is 1. The van der Waals surface area contributed by atoms with Gasteiger partial charge in [-0.25, -0.2) is 0 Å². The van der Waals surface area contributed by atoms with Crippen LogP contribution in [0.3, 0.4) is 0 Å². The van der Waals surface area contributed by atoms with Crippen molar-refractivity contribution in [1.82, 2.24) is 0 Å². The maximum absolute atomic E-state index is 10.7. The molecule has 1 fully saturated rings. The highest BCUT2D eigenvalue weighted by molar-refractivity contribution is 5.74. The Morgan fingerprint density at radius 1 is 1.29 bits per heavy atom. The van der Waals surface area contributed by atoms with Gasteiger partial charge in [-0.05, 0) is 30.6 Å². The Morgan fingerprint density at radius 2 is 1.79 bits per heavy atom. The van der Waals surface area contributed by atoms with Crippen molar-refractivity contribution >= 4 is 5.97 Å². The summed E-state index contributed by atoms with van der Waals surface area (Å²) in [5.74, 6) is 6.58. The lowest BCUT2D eigenvalue weighted by Crippen LogP contribution is -2.33. The second-order valence-electron chi connectivity index (χ2n) is 4.20. The third-order valence-corrected chi connectivity index (χ3v) is 3.43. The van der Waals surface area contributed by atoms with Crippen LogP contribution in [0.5, 0.6) is 0 Å². The number of aliphatic carboxylic acids is 1. The molecule has 3 heteroatoms. The molecule has 0 aromatic carbocycles. The average Bonchev–Trinajstić information content (AvgIpc) is 2.75. The van der Waals surface area contributed by atoms with Crippen LogP contribution < -0.4 is 5.73 Å². The fraction of sp³-hybridized carbons (Fsp3) is 0.727. The summed E-state index contributed by atoms with van der Waals surface area (Å²) in [6.45, 7) is 0. The zero-order chi connectivity index (χ0) is 10.1. The first-order valence-electron chi connectivity index (χ1n) is 5.16. The largest absolute Gasteiger partial charge is 0.480 e. The Morgan fingerprint density at radius 3 is 2.21 bits per heavy atom. The summed E-state index contributed by atoms with van der Waals surface area (Å²) < 4.78 is 0. The Hall–Kier alpha value is -1.01. The van der Waals surface area contributed by atoms with Crippen molar-refractivity contribution in [2.24, 2.45) is 23.5 Å². The number of carboxylic acid groups (broad SMARTS) is 1. The van der Waals surface area contributed by atoms with Crippen LogP contribution in [0.15, 0.2) is 0 Å². The van der Waals surface area contributed by atoms with Crippen molar-refractivity contribution in [2.45, 2.75) is 31.7 Å². The Bertz CT molecular complexity index is 284. The molecule has 1 unspecified atom stereocenters. The highest BCUT2D eigenvalue weighted by atomic mass is 16.4. The fourth-order valence-electron chi connectivity index (χ4n) is 2.64. The van der Waals surface area contributed by atoms with Gasteiger partial charge in [0.25, 0.3) is 0 Å². The quantitative estimate of drug-likeness (QED) is 0.639. The molecule has 0 heterocycles. The van der Waals surface area contributed by atoms with E-state index in [1.165, 1.54) is 0 Å². The zero-order valence-electron chi connectivity index (χ0n) is 8.07. The van der Waals surface area contributed by atoms with E-state index < -0.39 is 12.0 Å². The number of hydrogen-bond donors (Lipinski definition) is 2. The van der Waals surface area contributed by atoms with Crippen LogP contribution in [0, 0.1) is 29.6 Å². The van der Waals surface area contributed by atoms with E-state index in [2.05, 4.69) is 11.8 Å². The highest BCUT2D eigenvalue weighted by Gasteiger charge is 2.53. The molecule has 0 aromatic heterocycles. The molecular weight excluding hydrogens is 178 g/mol. The lowest BCUT2D eigenvalue weighted by atomic mass is 10.1. The molecule has 0 amide bonds. The number of nitrogens with two attached hydrogens (primary N) is 1. The van der Waals surface area contributed by atoms with Gasteiger partial charge in [-0.15, -0.1) is 11.8 Å². The molecule has 14 heavy (non-hydrogen) atoms. The molecule has 2 rings (SSSR count). The van der Waals surface area contributed by atoms with Crippen molar-refractivity contribution < 1.29 is 9.90 Å². The maximum Gasteiger partial charge on any atom is 0.320 e. The molecule has 2 aliphatic rings. The van der Waals surface area contributed by atoms with Crippen molar-refractivity contribution in [2.75, 3.05) is 0 Å². The van der Waals surface area contributed by atoms with Crippen molar-refractivity contribution in [1.29, 1.82) is 0 Å². The van der Waals surface area contributed by atoms with Gasteiger partial charge in [0.2, 0.25) is 0 Å². The predicted molar refractivity (Wildman–Crippen MR) is 52.3 cm³/mol. The monoisotopic (exact) mass is 193 g/mol. The smallest absolute Gasteiger partial charge is 0.320 e. The molecule has 0 aliphatic heterocycles. The summed E-state index contributed by atoms with van der Waals surface area (Å²) in [4.78, 5) is 10.7. The van der Waals surface area contributed by atoms with Crippen molar-refractivity contribution in [3.05, 3.63) is 0 Å². The second-order valence-corrected chi connectivity index (χ2v) is 4.20. The van der Waals surface area contributed by atoms with Crippen molar-refractivity contribution in [3.63, 3.8) is 0 Å². The van der Waals surface area contributed by atoms with E-state index in [9.17, 15) is 4.79 Å². The predicted octanol–water partition coefficient (Wildman–Crippen LogP) is 0.838. The van der Waals surface area contributed by atoms with E-state index in [0.29, 0.717) is 11.8 Å². The summed E-state index contributed by atoms with van der Waals surface area (Å²) in [6, 6.07) is -0.664. The molecule has 76 valence electrons. The highest BCUT2D eigenvalue weighted by Crippen LogP contribution is 2.53. The Balaban J connectivity index is 1.97. The third-order valence-electron chi connectivity index (χ3n) is 3.43. The minimum atomic E-state index is -0.859. The molecule has 3 N–H and O–H groups in total. The summed E-state index contributed by atoms with van der Waals surface area (Å²) >= 11 is 0. The van der Waals surface area contributed by atoms with Gasteiger partial charge in [0.15, 0.2) is 0 Å². The summed E-state index contributed by atoms with van der Waals surface area (Å²) in [5, 5.41) is 8.82. The lowest BCUT2D eigenvalue weighted by Gasteiger charge is -2.04. The van der Waals surface area contributed by atoms with E-state index >= 15 is 0 Å². The van der Waals surface area contributed by atoms with Gasteiger partial charge in [-0.2, -0.15) is 0 Å². The van der Waals surface area contributed by atoms with Crippen LogP contribution in [0.2, 0.25) is 0 Å². The Labute approximate surface area is 83.7 Å². The van der Waals surface area contributed by atoms with E-state index in [4.69, 9.17) is 10.8 Å². The standard InChI is InChI=1S/C11H15NO2/c12-10(11(13)14)9-7-5-3-1-2-4-6-8(7)9/h7-10H,3-6,12H2,(H,13,14)/t7-,8+,9?,10-/m0/s1. The minimum absolute atomic E-state index is 0.203. The normalized spacial score (nSPS) is 36.8. The van der Waals surface area contributed by atoms with Crippen LogP contribution in [0.1, 0.15) is 25.7 Å². The minimum Gasteiger partial charge on any atom is -0.480 e. The van der Waals surface area contributed by atoms with E-state index in [1.807, 2.05) is 0 Å². The van der Waals surface area contributed by atoms with Crippen molar-refractivity contribution in [3.8, 4) is 11.8 Å². The molecule has 0 saturated heterocycles. The maximum atomic E-state index is 10.7.